The van der Waals surface area contributed by atoms with E-state index in [1.807, 2.05) is 0 Å². The minimum Gasteiger partial charge on any atom is -0.455 e. The molecule has 0 bridgehead atoms. The number of hydrogen-bond acceptors (Lipinski definition) is 5. The Labute approximate surface area is 202 Å². The molecule has 3 aromatic rings. The van der Waals surface area contributed by atoms with Crippen molar-refractivity contribution in [2.75, 3.05) is 12.4 Å². The fraction of sp³-hybridized carbons (Fsp3) is 0.208. The first-order chi connectivity index (χ1) is 15.7. The summed E-state index contributed by atoms with van der Waals surface area (Å²) >= 11 is 12.5. The zero-order chi connectivity index (χ0) is 24.2. The maximum Gasteiger partial charge on any atom is 0.251 e. The summed E-state index contributed by atoms with van der Waals surface area (Å²) in [4.78, 5) is 12.1. The first kappa shape index (κ1) is 24.9. The number of aromatic nitrogens is 1. The Morgan fingerprint density at radius 3 is 2.48 bits per heavy atom. The highest BCUT2D eigenvalue weighted by Gasteiger charge is 2.19. The van der Waals surface area contributed by atoms with Crippen LogP contribution in [0.5, 0.6) is 11.5 Å². The number of aliphatic hydroxyl groups excluding tert-OH is 1. The molecule has 0 aliphatic carbocycles. The van der Waals surface area contributed by atoms with Crippen LogP contribution < -0.4 is 10.3 Å². The van der Waals surface area contributed by atoms with Crippen molar-refractivity contribution in [3.63, 3.8) is 0 Å². The predicted molar refractivity (Wildman–Crippen MR) is 130 cm³/mol. The second-order valence-electron chi connectivity index (χ2n) is 7.06. The summed E-state index contributed by atoms with van der Waals surface area (Å²) in [7, 11) is -1.94. The third kappa shape index (κ3) is 5.79. The molecule has 1 heterocycles. The van der Waals surface area contributed by atoms with Crippen LogP contribution in [0.3, 0.4) is 0 Å². The molecule has 0 saturated carbocycles. The molecular weight excluding hydrogens is 485 g/mol. The van der Waals surface area contributed by atoms with Gasteiger partial charge in [0.25, 0.3) is 5.56 Å². The largest absolute Gasteiger partial charge is 0.455 e. The average molecular weight is 506 g/mol. The maximum atomic E-state index is 12.5. The smallest absolute Gasteiger partial charge is 0.251 e. The second-order valence-corrected chi connectivity index (χ2v) is 10.2. The Balaban J connectivity index is 2.21. The van der Waals surface area contributed by atoms with Gasteiger partial charge < -0.3 is 14.4 Å². The fourth-order valence-corrected chi connectivity index (χ4v) is 4.32. The number of rotatable bonds is 6. The van der Waals surface area contributed by atoms with Crippen molar-refractivity contribution in [3.8, 4) is 34.5 Å². The Hall–Kier alpha value is -2.76. The van der Waals surface area contributed by atoms with Crippen molar-refractivity contribution < 1.29 is 18.3 Å². The molecule has 172 valence electrons. The molecule has 3 rings (SSSR count). The fourth-order valence-electron chi connectivity index (χ4n) is 2.99. The van der Waals surface area contributed by atoms with Gasteiger partial charge >= 0.3 is 0 Å². The quantitative estimate of drug-likeness (QED) is 0.491. The summed E-state index contributed by atoms with van der Waals surface area (Å²) in [5.74, 6) is 6.38. The first-order valence-electron chi connectivity index (χ1n) is 9.96. The van der Waals surface area contributed by atoms with Crippen LogP contribution in [0.1, 0.15) is 18.9 Å². The molecule has 1 N–H and O–H groups in total. The highest BCUT2D eigenvalue weighted by Crippen LogP contribution is 2.39. The van der Waals surface area contributed by atoms with E-state index >= 15 is 0 Å². The number of sulfone groups is 1. The van der Waals surface area contributed by atoms with Crippen LogP contribution in [-0.2, 0) is 16.9 Å². The monoisotopic (exact) mass is 505 g/mol. The lowest BCUT2D eigenvalue weighted by molar-refractivity contribution is 0.305. The molecule has 0 unspecified atom stereocenters. The Morgan fingerprint density at radius 2 is 1.79 bits per heavy atom. The molecule has 0 spiro atoms. The Morgan fingerprint density at radius 1 is 1.06 bits per heavy atom. The molecule has 0 radical (unpaired) electrons. The van der Waals surface area contributed by atoms with E-state index in [1.54, 1.807) is 38.2 Å². The molecule has 0 amide bonds. The second kappa shape index (κ2) is 10.4. The van der Waals surface area contributed by atoms with E-state index < -0.39 is 9.84 Å². The van der Waals surface area contributed by atoms with Gasteiger partial charge in [-0.3, -0.25) is 4.79 Å². The molecule has 0 fully saturated rings. The van der Waals surface area contributed by atoms with Gasteiger partial charge in [-0.25, -0.2) is 8.42 Å². The number of aryl methyl sites for hydroxylation is 1. The van der Waals surface area contributed by atoms with E-state index in [-0.39, 0.29) is 34.3 Å². The van der Waals surface area contributed by atoms with E-state index in [9.17, 15) is 13.2 Å². The van der Waals surface area contributed by atoms with Crippen molar-refractivity contribution >= 4 is 33.0 Å². The molecule has 0 saturated heterocycles. The molecule has 33 heavy (non-hydrogen) atoms. The highest BCUT2D eigenvalue weighted by molar-refractivity contribution is 7.91. The lowest BCUT2D eigenvalue weighted by Crippen LogP contribution is -2.15. The van der Waals surface area contributed by atoms with Crippen molar-refractivity contribution in [1.82, 2.24) is 4.57 Å². The van der Waals surface area contributed by atoms with Crippen LogP contribution in [0.15, 0.2) is 58.4 Å². The third-order valence-electron chi connectivity index (χ3n) is 4.78. The SMILES string of the molecule is CCS(=O)(=O)c1ccc(Oc2ccc(Cl)cc2C#CCCO)c(-c2cn(C)c(=O)cc2Cl)c1. The molecule has 0 atom stereocenters. The van der Waals surface area contributed by atoms with Crippen molar-refractivity contribution in [1.29, 1.82) is 0 Å². The summed E-state index contributed by atoms with van der Waals surface area (Å²) in [6.45, 7) is 1.48. The Kier molecular flexibility index (Phi) is 7.88. The van der Waals surface area contributed by atoms with E-state index in [4.69, 9.17) is 33.0 Å². The normalized spacial score (nSPS) is 11.1. The lowest BCUT2D eigenvalue weighted by atomic mass is 10.1. The molecule has 0 aliphatic rings. The van der Waals surface area contributed by atoms with Crippen molar-refractivity contribution in [2.45, 2.75) is 18.2 Å². The number of benzene rings is 2. The van der Waals surface area contributed by atoms with E-state index in [1.165, 1.54) is 29.0 Å². The molecule has 6 nitrogen and oxygen atoms in total. The summed E-state index contributed by atoms with van der Waals surface area (Å²) in [6, 6.07) is 10.7. The van der Waals surface area contributed by atoms with E-state index in [2.05, 4.69) is 11.8 Å². The van der Waals surface area contributed by atoms with Gasteiger partial charge in [-0.1, -0.05) is 42.0 Å². The first-order valence-corrected chi connectivity index (χ1v) is 12.4. The van der Waals surface area contributed by atoms with Crippen molar-refractivity contribution in [3.05, 3.63) is 74.6 Å². The number of hydrogen-bond donors (Lipinski definition) is 1. The molecule has 9 heteroatoms. The van der Waals surface area contributed by atoms with E-state index in [0.29, 0.717) is 33.2 Å². The molecule has 2 aromatic carbocycles. The summed E-state index contributed by atoms with van der Waals surface area (Å²) < 4.78 is 32.5. The van der Waals surface area contributed by atoms with Gasteiger partial charge in [-0.05, 0) is 36.4 Å². The lowest BCUT2D eigenvalue weighted by Gasteiger charge is -2.16. The van der Waals surface area contributed by atoms with Gasteiger partial charge in [0.05, 0.1) is 27.8 Å². The van der Waals surface area contributed by atoms with Crippen LogP contribution in [-0.4, -0.2) is 30.5 Å². The third-order valence-corrected chi connectivity index (χ3v) is 7.06. The zero-order valence-corrected chi connectivity index (χ0v) is 20.3. The van der Waals surface area contributed by atoms with Crippen LogP contribution in [0.2, 0.25) is 10.0 Å². The number of halogens is 2. The summed E-state index contributed by atoms with van der Waals surface area (Å²) in [5.41, 5.74) is 1.03. The minimum atomic E-state index is -3.51. The standard InChI is InChI=1S/C24H21Cl2NO5S/c1-3-33(30,31)18-8-10-23(19(13-18)20-15-27(2)24(29)14-21(20)26)32-22-9-7-17(25)12-16(22)6-4-5-11-28/h7-10,12-15,28H,3,5,11H2,1-2H3. The van der Waals surface area contributed by atoms with Gasteiger partial charge in [0.15, 0.2) is 9.84 Å². The summed E-state index contributed by atoms with van der Waals surface area (Å²) in [6.07, 6.45) is 1.81. The molecule has 1 aromatic heterocycles. The van der Waals surface area contributed by atoms with Crippen LogP contribution in [0, 0.1) is 11.8 Å². The summed E-state index contributed by atoms with van der Waals surface area (Å²) in [5, 5.41) is 9.62. The van der Waals surface area contributed by atoms with E-state index in [0.717, 1.165) is 0 Å². The minimum absolute atomic E-state index is 0.0740. The predicted octanol–water partition coefficient (Wildman–Crippen LogP) is 4.68. The van der Waals surface area contributed by atoms with Crippen LogP contribution in [0.25, 0.3) is 11.1 Å². The van der Waals surface area contributed by atoms with Crippen LogP contribution in [0.4, 0.5) is 0 Å². The molecule has 0 aliphatic heterocycles. The topological polar surface area (TPSA) is 85.6 Å². The van der Waals surface area contributed by atoms with Crippen LogP contribution >= 0.6 is 23.2 Å². The van der Waals surface area contributed by atoms with Gasteiger partial charge in [0.1, 0.15) is 11.5 Å². The number of ether oxygens (including phenoxy) is 1. The molecular formula is C24H21Cl2NO5S. The van der Waals surface area contributed by atoms with Crippen molar-refractivity contribution in [2.24, 2.45) is 7.05 Å². The maximum absolute atomic E-state index is 12.5. The number of aliphatic hydroxyl groups is 1. The zero-order valence-electron chi connectivity index (χ0n) is 17.9. The number of pyridine rings is 1. The average Bonchev–Trinajstić information content (AvgIpc) is 2.78. The number of nitrogens with zero attached hydrogens (tertiary/aromatic N) is 1. The van der Waals surface area contributed by atoms with Gasteiger partial charge in [0, 0.05) is 41.9 Å². The van der Waals surface area contributed by atoms with Gasteiger partial charge in [-0.2, -0.15) is 0 Å². The highest BCUT2D eigenvalue weighted by atomic mass is 35.5. The Bertz CT molecular complexity index is 1420. The van der Waals surface area contributed by atoms with Gasteiger partial charge in [-0.15, -0.1) is 0 Å². The van der Waals surface area contributed by atoms with Gasteiger partial charge in [0.2, 0.25) is 0 Å².